The van der Waals surface area contributed by atoms with Gasteiger partial charge in [0.15, 0.2) is 0 Å². The van der Waals surface area contributed by atoms with Crippen LogP contribution < -0.4 is 5.32 Å². The van der Waals surface area contributed by atoms with E-state index in [0.29, 0.717) is 21.8 Å². The molecule has 1 atom stereocenters. The van der Waals surface area contributed by atoms with E-state index < -0.39 is 33.5 Å². The molecule has 0 aliphatic rings. The van der Waals surface area contributed by atoms with Gasteiger partial charge >= 0.3 is 5.97 Å². The molecule has 1 heterocycles. The van der Waals surface area contributed by atoms with E-state index in [2.05, 4.69) is 10.3 Å². The van der Waals surface area contributed by atoms with Crippen LogP contribution in [-0.4, -0.2) is 41.2 Å². The zero-order chi connectivity index (χ0) is 31.0. The number of esters is 1. The molecule has 0 aliphatic carbocycles. The predicted octanol–water partition coefficient (Wildman–Crippen LogP) is 5.81. The Balaban J connectivity index is 1.53. The molecule has 0 saturated carbocycles. The Labute approximate surface area is 257 Å². The quantitative estimate of drug-likeness (QED) is 0.213. The minimum absolute atomic E-state index is 0.0397. The van der Waals surface area contributed by atoms with Crippen molar-refractivity contribution < 1.29 is 22.7 Å². The van der Waals surface area contributed by atoms with Crippen LogP contribution in [-0.2, 0) is 39.1 Å². The summed E-state index contributed by atoms with van der Waals surface area (Å²) in [5, 5.41) is 3.24. The summed E-state index contributed by atoms with van der Waals surface area (Å²) in [6.07, 6.45) is 1.88. The number of hydrogen-bond acceptors (Lipinski definition) is 6. The Kier molecular flexibility index (Phi) is 10.3. The van der Waals surface area contributed by atoms with Crippen molar-refractivity contribution in [2.45, 2.75) is 56.8 Å². The van der Waals surface area contributed by atoms with Gasteiger partial charge in [-0.1, -0.05) is 60.1 Å². The number of nitrogens with one attached hydrogen (secondary N) is 1. The molecule has 1 N–H and O–H groups in total. The van der Waals surface area contributed by atoms with E-state index in [4.69, 9.17) is 16.3 Å². The molecular formula is C33H34ClN3O5S. The van der Waals surface area contributed by atoms with Gasteiger partial charge in [0.05, 0.1) is 17.1 Å². The first kappa shape index (κ1) is 31.9. The number of nitrogens with zero attached hydrogens (tertiary/aromatic N) is 2. The van der Waals surface area contributed by atoms with Crippen LogP contribution in [0.2, 0.25) is 5.02 Å². The Morgan fingerprint density at radius 3 is 2.12 bits per heavy atom. The highest BCUT2D eigenvalue weighted by Crippen LogP contribution is 2.23. The fourth-order valence-corrected chi connectivity index (χ4v) is 5.80. The largest absolute Gasteiger partial charge is 0.458 e. The van der Waals surface area contributed by atoms with Crippen molar-refractivity contribution in [1.29, 1.82) is 0 Å². The maximum atomic E-state index is 13.6. The van der Waals surface area contributed by atoms with E-state index in [1.54, 1.807) is 69.4 Å². The fraction of sp³-hybridized carbons (Fsp3) is 0.242. The third-order valence-corrected chi connectivity index (χ3v) is 8.43. The van der Waals surface area contributed by atoms with Crippen molar-refractivity contribution in [3.05, 3.63) is 131 Å². The first-order chi connectivity index (χ1) is 20.4. The number of benzene rings is 3. The maximum Gasteiger partial charge on any atom is 0.329 e. The lowest BCUT2D eigenvalue weighted by Gasteiger charge is -2.25. The minimum Gasteiger partial charge on any atom is -0.458 e. The molecule has 224 valence electrons. The lowest BCUT2D eigenvalue weighted by atomic mass is 10.0. The maximum absolute atomic E-state index is 13.6. The summed E-state index contributed by atoms with van der Waals surface area (Å²) < 4.78 is 34.1. The number of carbonyl (C=O) groups is 2. The van der Waals surface area contributed by atoms with Crippen molar-refractivity contribution in [3.63, 3.8) is 0 Å². The lowest BCUT2D eigenvalue weighted by molar-refractivity contribution is -0.157. The van der Waals surface area contributed by atoms with E-state index in [-0.39, 0.29) is 24.4 Å². The van der Waals surface area contributed by atoms with Gasteiger partial charge in [-0.15, -0.1) is 0 Å². The summed E-state index contributed by atoms with van der Waals surface area (Å²) in [5.74, 6) is -0.976. The summed E-state index contributed by atoms with van der Waals surface area (Å²) in [5.41, 5.74) is 1.73. The molecule has 4 rings (SSSR count). The number of hydrogen-bond donors (Lipinski definition) is 1. The highest BCUT2D eigenvalue weighted by atomic mass is 35.5. The highest BCUT2D eigenvalue weighted by Gasteiger charge is 2.28. The van der Waals surface area contributed by atoms with Gasteiger partial charge in [0.25, 0.3) is 5.91 Å². The van der Waals surface area contributed by atoms with Crippen molar-refractivity contribution in [3.8, 4) is 0 Å². The Hall–Kier alpha value is -4.05. The molecule has 0 fully saturated rings. The number of halogens is 1. The van der Waals surface area contributed by atoms with Gasteiger partial charge in [0, 0.05) is 29.7 Å². The topological polar surface area (TPSA) is 106 Å². The van der Waals surface area contributed by atoms with E-state index in [0.717, 1.165) is 5.56 Å². The average molecular weight is 620 g/mol. The number of carbonyl (C=O) groups excluding carboxylic acids is 2. The highest BCUT2D eigenvalue weighted by molar-refractivity contribution is 7.89. The van der Waals surface area contributed by atoms with Gasteiger partial charge in [0.1, 0.15) is 11.6 Å². The monoisotopic (exact) mass is 619 g/mol. The summed E-state index contributed by atoms with van der Waals surface area (Å²) in [4.78, 5) is 30.6. The van der Waals surface area contributed by atoms with Crippen LogP contribution in [0.4, 0.5) is 0 Å². The summed E-state index contributed by atoms with van der Waals surface area (Å²) in [7, 11) is -3.91. The van der Waals surface area contributed by atoms with Crippen LogP contribution in [0.5, 0.6) is 0 Å². The number of amides is 1. The van der Waals surface area contributed by atoms with E-state index >= 15 is 0 Å². The van der Waals surface area contributed by atoms with E-state index in [1.807, 2.05) is 30.3 Å². The first-order valence-electron chi connectivity index (χ1n) is 13.7. The SMILES string of the molecule is CC(C)(C)OC(=O)[C@H](Cc1ccccc1)NC(=O)c1ccc(CN(Cc2ccccn2)S(=O)(=O)c2ccc(Cl)cc2)cc1. The van der Waals surface area contributed by atoms with Crippen LogP contribution in [0, 0.1) is 0 Å². The van der Waals surface area contributed by atoms with Gasteiger partial charge in [-0.05, 0) is 80.4 Å². The average Bonchev–Trinajstić information content (AvgIpc) is 2.97. The van der Waals surface area contributed by atoms with Gasteiger partial charge in [0.2, 0.25) is 10.0 Å². The van der Waals surface area contributed by atoms with Crippen LogP contribution in [0.3, 0.4) is 0 Å². The molecule has 0 bridgehead atoms. The lowest BCUT2D eigenvalue weighted by Crippen LogP contribution is -2.45. The second-order valence-corrected chi connectivity index (χ2v) is 13.4. The molecule has 1 amide bonds. The first-order valence-corrected chi connectivity index (χ1v) is 15.5. The molecule has 4 aromatic rings. The number of rotatable bonds is 11. The van der Waals surface area contributed by atoms with E-state index in [9.17, 15) is 18.0 Å². The molecule has 43 heavy (non-hydrogen) atoms. The Morgan fingerprint density at radius 1 is 0.860 bits per heavy atom. The van der Waals surface area contributed by atoms with Gasteiger partial charge < -0.3 is 10.1 Å². The Morgan fingerprint density at radius 2 is 1.51 bits per heavy atom. The molecule has 0 radical (unpaired) electrons. The molecule has 1 aromatic heterocycles. The van der Waals surface area contributed by atoms with Gasteiger partial charge in [-0.2, -0.15) is 4.31 Å². The van der Waals surface area contributed by atoms with Crippen LogP contribution in [0.1, 0.15) is 48.0 Å². The molecule has 10 heteroatoms. The number of ether oxygens (including phenoxy) is 1. The molecule has 3 aromatic carbocycles. The number of aromatic nitrogens is 1. The zero-order valence-corrected chi connectivity index (χ0v) is 25.8. The minimum atomic E-state index is -3.91. The van der Waals surface area contributed by atoms with Crippen LogP contribution in [0.25, 0.3) is 0 Å². The van der Waals surface area contributed by atoms with Gasteiger partial charge in [-0.25, -0.2) is 13.2 Å². The normalized spacial score (nSPS) is 12.5. The second-order valence-electron chi connectivity index (χ2n) is 11.0. The third-order valence-electron chi connectivity index (χ3n) is 6.37. The predicted molar refractivity (Wildman–Crippen MR) is 166 cm³/mol. The molecule has 0 unspecified atom stereocenters. The summed E-state index contributed by atoms with van der Waals surface area (Å²) in [6, 6.07) is 26.4. The van der Waals surface area contributed by atoms with Crippen molar-refractivity contribution >= 4 is 33.5 Å². The molecule has 0 spiro atoms. The van der Waals surface area contributed by atoms with Crippen molar-refractivity contribution in [1.82, 2.24) is 14.6 Å². The smallest absolute Gasteiger partial charge is 0.329 e. The Bertz CT molecular complexity index is 1620. The zero-order valence-electron chi connectivity index (χ0n) is 24.2. The van der Waals surface area contributed by atoms with Crippen molar-refractivity contribution in [2.24, 2.45) is 0 Å². The fourth-order valence-electron chi connectivity index (χ4n) is 4.28. The van der Waals surface area contributed by atoms with Gasteiger partial charge in [-0.3, -0.25) is 9.78 Å². The van der Waals surface area contributed by atoms with Crippen molar-refractivity contribution in [2.75, 3.05) is 0 Å². The second kappa shape index (κ2) is 13.9. The number of sulfonamides is 1. The van der Waals surface area contributed by atoms with Crippen LogP contribution in [0.15, 0.2) is 108 Å². The molecular weight excluding hydrogens is 586 g/mol. The standard InChI is InChI=1S/C33H34ClN3O5S/c1-33(2,3)42-32(39)30(21-24-9-5-4-6-10-24)36-31(38)26-14-12-25(13-15-26)22-37(23-28-11-7-8-20-35-28)43(40,41)29-18-16-27(34)17-19-29/h4-20,30H,21-23H2,1-3H3,(H,36,38)/t30-/m0/s1. The third kappa shape index (κ3) is 9.22. The summed E-state index contributed by atoms with van der Waals surface area (Å²) in [6.45, 7) is 5.41. The van der Waals surface area contributed by atoms with E-state index in [1.165, 1.54) is 28.6 Å². The van der Waals surface area contributed by atoms with Crippen LogP contribution >= 0.6 is 11.6 Å². The summed E-state index contributed by atoms with van der Waals surface area (Å²) >= 11 is 5.98. The molecule has 0 saturated heterocycles. The number of pyridine rings is 1. The molecule has 0 aliphatic heterocycles. The molecule has 8 nitrogen and oxygen atoms in total.